The predicted molar refractivity (Wildman–Crippen MR) is 116 cm³/mol. The number of hydrogen-bond acceptors (Lipinski definition) is 6. The number of H-pyrrole nitrogens is 1. The fourth-order valence-corrected chi connectivity index (χ4v) is 3.42. The van der Waals surface area contributed by atoms with Crippen molar-refractivity contribution in [1.29, 1.82) is 0 Å². The lowest BCUT2D eigenvalue weighted by atomic mass is 10.3. The van der Waals surface area contributed by atoms with Gasteiger partial charge in [0.25, 0.3) is 0 Å². The van der Waals surface area contributed by atoms with Gasteiger partial charge in [0.05, 0.1) is 23.9 Å². The number of nitrogens with zero attached hydrogens (tertiary/aromatic N) is 2. The summed E-state index contributed by atoms with van der Waals surface area (Å²) in [4.78, 5) is 19.7. The second kappa shape index (κ2) is 9.19. The van der Waals surface area contributed by atoms with Crippen molar-refractivity contribution >= 4 is 40.7 Å². The Labute approximate surface area is 176 Å². The number of nitrogens with one attached hydrogen (secondary N) is 3. The summed E-state index contributed by atoms with van der Waals surface area (Å²) in [6, 6.07) is 18.0. The molecular formula is C21H19N5O3S. The van der Waals surface area contributed by atoms with Crippen molar-refractivity contribution in [3.63, 3.8) is 0 Å². The van der Waals surface area contributed by atoms with E-state index in [1.54, 1.807) is 30.3 Å². The fourth-order valence-electron chi connectivity index (χ4n) is 2.65. The van der Waals surface area contributed by atoms with Crippen LogP contribution < -0.4 is 15.5 Å². The third kappa shape index (κ3) is 5.00. The molecule has 0 saturated carbocycles. The lowest BCUT2D eigenvalue weighted by Gasteiger charge is -2.06. The Morgan fingerprint density at radius 2 is 2.03 bits per heavy atom. The zero-order valence-electron chi connectivity index (χ0n) is 16.1. The second-order valence-corrected chi connectivity index (χ2v) is 7.09. The Hall–Kier alpha value is -3.72. The van der Waals surface area contributed by atoms with Crippen molar-refractivity contribution < 1.29 is 13.9 Å². The summed E-state index contributed by atoms with van der Waals surface area (Å²) in [5.41, 5.74) is 4.90. The highest BCUT2D eigenvalue weighted by atomic mass is 32.2. The number of fused-ring (bicyclic) bond motifs is 1. The number of aromatic nitrogens is 2. The van der Waals surface area contributed by atoms with Gasteiger partial charge in [-0.3, -0.25) is 0 Å². The minimum Gasteiger partial charge on any atom is -0.494 e. The van der Waals surface area contributed by atoms with Crippen molar-refractivity contribution in [3.05, 3.63) is 66.4 Å². The molecule has 9 heteroatoms. The van der Waals surface area contributed by atoms with Gasteiger partial charge in [0, 0.05) is 5.69 Å². The number of rotatable bonds is 7. The zero-order valence-corrected chi connectivity index (χ0v) is 16.9. The van der Waals surface area contributed by atoms with Crippen LogP contribution in [0.5, 0.6) is 5.75 Å². The van der Waals surface area contributed by atoms with Gasteiger partial charge in [-0.05, 0) is 67.2 Å². The largest absolute Gasteiger partial charge is 0.494 e. The number of para-hydroxylation sites is 2. The molecule has 152 valence electrons. The molecule has 0 saturated heterocycles. The standard InChI is InChI=1S/C21H19N5O3S/c1-2-28-15-9-7-14(8-10-15)23-20(27)26-22-13-16-11-12-19(29-16)30-21-24-17-5-3-4-6-18(17)25-21/h3-13H,2H2,1H3,(H,24,25)(H2,23,26,27)/b22-13+. The predicted octanol–water partition coefficient (Wildman–Crippen LogP) is 4.86. The average molecular weight is 421 g/mol. The summed E-state index contributed by atoms with van der Waals surface area (Å²) in [5.74, 6) is 1.26. The first kappa shape index (κ1) is 19.6. The van der Waals surface area contributed by atoms with Crippen LogP contribution in [0.4, 0.5) is 10.5 Å². The van der Waals surface area contributed by atoms with Gasteiger partial charge in [-0.15, -0.1) is 0 Å². The first-order chi connectivity index (χ1) is 14.7. The van der Waals surface area contributed by atoms with Crippen molar-refractivity contribution in [2.45, 2.75) is 17.2 Å². The van der Waals surface area contributed by atoms with Crippen LogP contribution in [0.2, 0.25) is 0 Å². The van der Waals surface area contributed by atoms with Crippen LogP contribution >= 0.6 is 11.8 Å². The van der Waals surface area contributed by atoms with Crippen molar-refractivity contribution in [2.24, 2.45) is 5.10 Å². The number of benzene rings is 2. The van der Waals surface area contributed by atoms with Crippen LogP contribution in [0.3, 0.4) is 0 Å². The summed E-state index contributed by atoms with van der Waals surface area (Å²) in [6.45, 7) is 2.50. The van der Waals surface area contributed by atoms with E-state index >= 15 is 0 Å². The molecule has 0 fully saturated rings. The zero-order chi connectivity index (χ0) is 20.8. The number of urea groups is 1. The number of ether oxygens (including phenoxy) is 1. The van der Waals surface area contributed by atoms with Gasteiger partial charge < -0.3 is 19.5 Å². The van der Waals surface area contributed by atoms with Crippen LogP contribution in [0.1, 0.15) is 12.7 Å². The molecule has 4 rings (SSSR count). The summed E-state index contributed by atoms with van der Waals surface area (Å²) in [6.07, 6.45) is 1.43. The number of amides is 2. The van der Waals surface area contributed by atoms with E-state index in [2.05, 4.69) is 25.8 Å². The van der Waals surface area contributed by atoms with Crippen molar-refractivity contribution in [3.8, 4) is 5.75 Å². The summed E-state index contributed by atoms with van der Waals surface area (Å²) < 4.78 is 11.1. The smallest absolute Gasteiger partial charge is 0.339 e. The minimum absolute atomic E-state index is 0.459. The normalized spacial score (nSPS) is 11.1. The fraction of sp³-hybridized carbons (Fsp3) is 0.0952. The van der Waals surface area contributed by atoms with E-state index in [0.717, 1.165) is 21.9 Å². The molecule has 0 unspecified atom stereocenters. The summed E-state index contributed by atoms with van der Waals surface area (Å²) in [7, 11) is 0. The van der Waals surface area contributed by atoms with Crippen LogP contribution in [0.15, 0.2) is 80.4 Å². The molecule has 0 spiro atoms. The highest BCUT2D eigenvalue weighted by Gasteiger charge is 2.08. The molecule has 0 bridgehead atoms. The Bertz CT molecular complexity index is 1130. The molecule has 2 heterocycles. The SMILES string of the molecule is CCOc1ccc(NC(=O)N/N=C/c2ccc(Sc3nc4ccccc4[nH]3)o2)cc1. The Kier molecular flexibility index (Phi) is 6.00. The number of hydrazone groups is 1. The molecule has 0 aliphatic carbocycles. The van der Waals surface area contributed by atoms with Crippen LogP contribution in [-0.2, 0) is 0 Å². The average Bonchev–Trinajstić information content (AvgIpc) is 3.36. The number of carbonyl (C=O) groups excluding carboxylic acids is 1. The number of imidazole rings is 1. The number of hydrogen-bond donors (Lipinski definition) is 3. The molecule has 2 aromatic heterocycles. The number of furan rings is 1. The van der Waals surface area contributed by atoms with Gasteiger partial charge in [0.2, 0.25) is 0 Å². The van der Waals surface area contributed by atoms with E-state index in [1.165, 1.54) is 18.0 Å². The maximum Gasteiger partial charge on any atom is 0.339 e. The summed E-state index contributed by atoms with van der Waals surface area (Å²) >= 11 is 1.38. The van der Waals surface area contributed by atoms with Gasteiger partial charge in [0.15, 0.2) is 10.2 Å². The van der Waals surface area contributed by atoms with Crippen LogP contribution in [-0.4, -0.2) is 28.8 Å². The quantitative estimate of drug-likeness (QED) is 0.292. The molecule has 0 radical (unpaired) electrons. The number of carbonyl (C=O) groups is 1. The van der Waals surface area contributed by atoms with Crippen molar-refractivity contribution in [1.82, 2.24) is 15.4 Å². The van der Waals surface area contributed by atoms with Crippen molar-refractivity contribution in [2.75, 3.05) is 11.9 Å². The Morgan fingerprint density at radius 3 is 2.83 bits per heavy atom. The lowest BCUT2D eigenvalue weighted by molar-refractivity contribution is 0.252. The molecule has 4 aromatic rings. The van der Waals surface area contributed by atoms with E-state index < -0.39 is 6.03 Å². The summed E-state index contributed by atoms with van der Waals surface area (Å²) in [5, 5.41) is 7.98. The third-order valence-corrected chi connectivity index (χ3v) is 4.76. The number of aromatic amines is 1. The topological polar surface area (TPSA) is 105 Å². The molecule has 30 heavy (non-hydrogen) atoms. The van der Waals surface area contributed by atoms with Gasteiger partial charge in [-0.25, -0.2) is 15.2 Å². The lowest BCUT2D eigenvalue weighted by Crippen LogP contribution is -2.24. The van der Waals surface area contributed by atoms with Gasteiger partial charge >= 0.3 is 6.03 Å². The Balaban J connectivity index is 1.29. The van der Waals surface area contributed by atoms with E-state index in [4.69, 9.17) is 9.15 Å². The van der Waals surface area contributed by atoms with E-state index in [1.807, 2.05) is 37.3 Å². The van der Waals surface area contributed by atoms with Gasteiger partial charge in [-0.2, -0.15) is 5.10 Å². The van der Waals surface area contributed by atoms with Gasteiger partial charge in [-0.1, -0.05) is 12.1 Å². The minimum atomic E-state index is -0.459. The monoisotopic (exact) mass is 421 g/mol. The molecule has 8 nitrogen and oxygen atoms in total. The maximum atomic E-state index is 11.9. The molecular weight excluding hydrogens is 402 g/mol. The molecule has 0 aliphatic heterocycles. The van der Waals surface area contributed by atoms with Gasteiger partial charge in [0.1, 0.15) is 11.5 Å². The van der Waals surface area contributed by atoms with Crippen LogP contribution in [0, 0.1) is 0 Å². The van der Waals surface area contributed by atoms with E-state index in [9.17, 15) is 4.79 Å². The van der Waals surface area contributed by atoms with E-state index in [0.29, 0.717) is 23.1 Å². The first-order valence-electron chi connectivity index (χ1n) is 9.25. The first-order valence-corrected chi connectivity index (χ1v) is 10.1. The molecule has 0 aliphatic rings. The van der Waals surface area contributed by atoms with E-state index in [-0.39, 0.29) is 0 Å². The molecule has 0 atom stereocenters. The second-order valence-electron chi connectivity index (χ2n) is 6.10. The highest BCUT2D eigenvalue weighted by molar-refractivity contribution is 7.99. The Morgan fingerprint density at radius 1 is 1.20 bits per heavy atom. The molecule has 2 aromatic carbocycles. The third-order valence-electron chi connectivity index (χ3n) is 3.95. The number of anilines is 1. The van der Waals surface area contributed by atoms with Crippen LogP contribution in [0.25, 0.3) is 11.0 Å². The maximum absolute atomic E-state index is 11.9. The molecule has 2 amide bonds. The molecule has 3 N–H and O–H groups in total. The highest BCUT2D eigenvalue weighted by Crippen LogP contribution is 2.28.